The number of halogens is 1. The van der Waals surface area contributed by atoms with E-state index in [0.29, 0.717) is 16.7 Å². The topological polar surface area (TPSA) is 77.8 Å². The molecule has 1 aliphatic rings. The van der Waals surface area contributed by atoms with Crippen LogP contribution in [0.25, 0.3) is 0 Å². The fraction of sp³-hybridized carbons (Fsp3) is 0.333. The lowest BCUT2D eigenvalue weighted by Crippen LogP contribution is -2.26. The Morgan fingerprint density at radius 2 is 2.22 bits per heavy atom. The van der Waals surface area contributed by atoms with E-state index in [1.807, 2.05) is 0 Å². The third-order valence-electron chi connectivity index (χ3n) is 2.94. The molecule has 1 aliphatic heterocycles. The standard InChI is InChI=1S/C12H12BrNO4/c13-8-1-2-9(12(17)18)10(4-8)14-5-7(6-15)3-11(14)16/h1-2,4,7,15H,3,5-6H2,(H,17,18). The number of carbonyl (C=O) groups excluding carboxylic acids is 1. The number of hydrogen-bond donors (Lipinski definition) is 2. The summed E-state index contributed by atoms with van der Waals surface area (Å²) in [5.74, 6) is -1.36. The first kappa shape index (κ1) is 13.0. The van der Waals surface area contributed by atoms with Crippen LogP contribution in [-0.2, 0) is 4.79 Å². The molecule has 2 N–H and O–H groups in total. The molecule has 0 aliphatic carbocycles. The SMILES string of the molecule is O=C(O)c1ccc(Br)cc1N1CC(CO)CC1=O. The number of rotatable bonds is 3. The van der Waals surface area contributed by atoms with Gasteiger partial charge in [-0.25, -0.2) is 4.79 Å². The van der Waals surface area contributed by atoms with E-state index in [4.69, 9.17) is 10.2 Å². The number of anilines is 1. The fourth-order valence-electron chi connectivity index (χ4n) is 2.05. The maximum atomic E-state index is 11.8. The zero-order chi connectivity index (χ0) is 13.3. The molecule has 1 fully saturated rings. The van der Waals surface area contributed by atoms with E-state index in [9.17, 15) is 9.59 Å². The quantitative estimate of drug-likeness (QED) is 0.886. The number of carboxylic acids is 1. The van der Waals surface area contributed by atoms with Gasteiger partial charge in [-0.3, -0.25) is 4.79 Å². The summed E-state index contributed by atoms with van der Waals surface area (Å²) in [4.78, 5) is 24.4. The molecule has 0 saturated carbocycles. The summed E-state index contributed by atoms with van der Waals surface area (Å²) in [7, 11) is 0. The number of benzene rings is 1. The van der Waals surface area contributed by atoms with E-state index in [1.54, 1.807) is 12.1 Å². The van der Waals surface area contributed by atoms with Gasteiger partial charge in [0.25, 0.3) is 0 Å². The molecule has 1 unspecified atom stereocenters. The van der Waals surface area contributed by atoms with Gasteiger partial charge >= 0.3 is 5.97 Å². The van der Waals surface area contributed by atoms with Crippen LogP contribution in [0.3, 0.4) is 0 Å². The third-order valence-corrected chi connectivity index (χ3v) is 3.44. The van der Waals surface area contributed by atoms with Gasteiger partial charge in [0.15, 0.2) is 0 Å². The van der Waals surface area contributed by atoms with Gasteiger partial charge in [-0.2, -0.15) is 0 Å². The molecule has 2 rings (SSSR count). The van der Waals surface area contributed by atoms with Gasteiger partial charge in [0.2, 0.25) is 5.91 Å². The monoisotopic (exact) mass is 313 g/mol. The van der Waals surface area contributed by atoms with Crippen LogP contribution in [0.1, 0.15) is 16.8 Å². The lowest BCUT2D eigenvalue weighted by molar-refractivity contribution is -0.117. The Morgan fingerprint density at radius 3 is 2.78 bits per heavy atom. The number of nitrogens with zero attached hydrogens (tertiary/aromatic N) is 1. The summed E-state index contributed by atoms with van der Waals surface area (Å²) in [5.41, 5.74) is 0.461. The first-order valence-electron chi connectivity index (χ1n) is 5.47. The van der Waals surface area contributed by atoms with Crippen molar-refractivity contribution in [2.24, 2.45) is 5.92 Å². The number of carbonyl (C=O) groups is 2. The highest BCUT2D eigenvalue weighted by molar-refractivity contribution is 9.10. The molecule has 1 aromatic rings. The summed E-state index contributed by atoms with van der Waals surface area (Å²) >= 11 is 3.26. The van der Waals surface area contributed by atoms with Gasteiger partial charge in [-0.05, 0) is 18.2 Å². The predicted octanol–water partition coefficient (Wildman–Crippen LogP) is 1.49. The van der Waals surface area contributed by atoms with Gasteiger partial charge in [0.05, 0.1) is 11.3 Å². The van der Waals surface area contributed by atoms with E-state index < -0.39 is 5.97 Å². The Balaban J connectivity index is 2.41. The zero-order valence-electron chi connectivity index (χ0n) is 9.47. The van der Waals surface area contributed by atoms with Gasteiger partial charge in [-0.1, -0.05) is 15.9 Å². The maximum absolute atomic E-state index is 11.8. The summed E-state index contributed by atoms with van der Waals surface area (Å²) in [6.07, 6.45) is 0.252. The summed E-state index contributed by atoms with van der Waals surface area (Å²) in [5, 5.41) is 18.2. The Labute approximate surface area is 112 Å². The number of carboxylic acid groups (broad SMARTS) is 1. The average molecular weight is 314 g/mol. The van der Waals surface area contributed by atoms with Gasteiger partial charge in [0.1, 0.15) is 0 Å². The van der Waals surface area contributed by atoms with Crippen LogP contribution in [0.15, 0.2) is 22.7 Å². The third kappa shape index (κ3) is 2.39. The zero-order valence-corrected chi connectivity index (χ0v) is 11.1. The normalized spacial score (nSPS) is 19.3. The van der Waals surface area contributed by atoms with Gasteiger partial charge in [-0.15, -0.1) is 0 Å². The minimum absolute atomic E-state index is 0.0708. The van der Waals surface area contributed by atoms with Crippen molar-refractivity contribution < 1.29 is 19.8 Å². The van der Waals surface area contributed by atoms with Crippen LogP contribution in [0.2, 0.25) is 0 Å². The number of hydrogen-bond acceptors (Lipinski definition) is 3. The molecule has 6 heteroatoms. The number of aliphatic hydroxyl groups is 1. The molecule has 0 spiro atoms. The molecular formula is C12H12BrNO4. The van der Waals surface area contributed by atoms with E-state index >= 15 is 0 Å². The van der Waals surface area contributed by atoms with E-state index in [2.05, 4.69) is 15.9 Å². The lowest BCUT2D eigenvalue weighted by atomic mass is 10.1. The summed E-state index contributed by atoms with van der Waals surface area (Å²) in [6.45, 7) is 0.282. The highest BCUT2D eigenvalue weighted by Gasteiger charge is 2.32. The molecule has 5 nitrogen and oxygen atoms in total. The van der Waals surface area contributed by atoms with Crippen molar-refractivity contribution in [1.82, 2.24) is 0 Å². The minimum atomic E-state index is -1.07. The van der Waals surface area contributed by atoms with Gasteiger partial charge in [0, 0.05) is 30.0 Å². The Kier molecular flexibility index (Phi) is 3.68. The van der Waals surface area contributed by atoms with Crippen molar-refractivity contribution in [3.8, 4) is 0 Å². The molecule has 1 amide bonds. The smallest absolute Gasteiger partial charge is 0.337 e. The van der Waals surface area contributed by atoms with E-state index in [-0.39, 0.29) is 30.4 Å². The second-order valence-electron chi connectivity index (χ2n) is 4.22. The molecular weight excluding hydrogens is 302 g/mol. The molecule has 0 aromatic heterocycles. The molecule has 1 atom stereocenters. The van der Waals surface area contributed by atoms with E-state index in [0.717, 1.165) is 0 Å². The molecule has 18 heavy (non-hydrogen) atoms. The molecule has 0 radical (unpaired) electrons. The van der Waals surface area contributed by atoms with Crippen LogP contribution < -0.4 is 4.90 Å². The minimum Gasteiger partial charge on any atom is -0.478 e. The highest BCUT2D eigenvalue weighted by atomic mass is 79.9. The Morgan fingerprint density at radius 1 is 1.50 bits per heavy atom. The number of aliphatic hydroxyl groups excluding tert-OH is 1. The molecule has 96 valence electrons. The number of amides is 1. The van der Waals surface area contributed by atoms with Crippen molar-refractivity contribution >= 4 is 33.5 Å². The second-order valence-corrected chi connectivity index (χ2v) is 5.14. The van der Waals surface area contributed by atoms with Crippen LogP contribution in [-0.4, -0.2) is 35.2 Å². The van der Waals surface area contributed by atoms with Crippen LogP contribution in [0.4, 0.5) is 5.69 Å². The van der Waals surface area contributed by atoms with Crippen molar-refractivity contribution in [1.29, 1.82) is 0 Å². The molecule has 1 saturated heterocycles. The average Bonchev–Trinajstić information content (AvgIpc) is 2.70. The van der Waals surface area contributed by atoms with Gasteiger partial charge < -0.3 is 15.1 Å². The van der Waals surface area contributed by atoms with E-state index in [1.165, 1.54) is 11.0 Å². The maximum Gasteiger partial charge on any atom is 0.337 e. The van der Waals surface area contributed by atoms with Crippen LogP contribution in [0, 0.1) is 5.92 Å². The number of aromatic carboxylic acids is 1. The first-order chi connectivity index (χ1) is 8.52. The highest BCUT2D eigenvalue weighted by Crippen LogP contribution is 2.30. The van der Waals surface area contributed by atoms with Crippen molar-refractivity contribution in [3.05, 3.63) is 28.2 Å². The molecule has 1 heterocycles. The first-order valence-corrected chi connectivity index (χ1v) is 6.26. The predicted molar refractivity (Wildman–Crippen MR) is 68.6 cm³/mol. The fourth-order valence-corrected chi connectivity index (χ4v) is 2.39. The Bertz CT molecular complexity index is 503. The lowest BCUT2D eigenvalue weighted by Gasteiger charge is -2.19. The van der Waals surface area contributed by atoms with Crippen molar-refractivity contribution in [2.75, 3.05) is 18.1 Å². The summed E-state index contributed by atoms with van der Waals surface area (Å²) in [6, 6.07) is 4.69. The van der Waals surface area contributed by atoms with Crippen molar-refractivity contribution in [2.45, 2.75) is 6.42 Å². The largest absolute Gasteiger partial charge is 0.478 e. The molecule has 0 bridgehead atoms. The second kappa shape index (κ2) is 5.07. The Hall–Kier alpha value is -1.40. The summed E-state index contributed by atoms with van der Waals surface area (Å²) < 4.78 is 0.711. The van der Waals surface area contributed by atoms with Crippen molar-refractivity contribution in [3.63, 3.8) is 0 Å². The van der Waals surface area contributed by atoms with Crippen LogP contribution >= 0.6 is 15.9 Å². The van der Waals surface area contributed by atoms with Crippen LogP contribution in [0.5, 0.6) is 0 Å². The molecule has 1 aromatic carbocycles.